The first-order valence-electron chi connectivity index (χ1n) is 3.60. The van der Waals surface area contributed by atoms with Gasteiger partial charge in [-0.15, -0.1) is 0 Å². The Hall–Kier alpha value is -1.36. The van der Waals surface area contributed by atoms with Crippen molar-refractivity contribution in [2.45, 2.75) is 0 Å². The van der Waals surface area contributed by atoms with Crippen molar-refractivity contribution in [1.29, 1.82) is 0 Å². The third-order valence-corrected chi connectivity index (χ3v) is 2.20. The highest BCUT2D eigenvalue weighted by atomic mass is 79.9. The molecule has 0 saturated heterocycles. The highest BCUT2D eigenvalue weighted by Gasteiger charge is 2.07. The Bertz CT molecular complexity index is 427. The Morgan fingerprint density at radius 3 is 2.92 bits per heavy atom. The molecule has 2 aromatic heterocycles. The molecule has 0 radical (unpaired) electrons. The predicted molar refractivity (Wildman–Crippen MR) is 51.8 cm³/mol. The summed E-state index contributed by atoms with van der Waals surface area (Å²) in [4.78, 5) is 4.06. The van der Waals surface area contributed by atoms with Crippen LogP contribution in [0.25, 0.3) is 11.3 Å². The molecule has 0 amide bonds. The van der Waals surface area contributed by atoms with Crippen LogP contribution in [0, 0.1) is 0 Å². The number of halogens is 1. The zero-order valence-electron chi connectivity index (χ0n) is 6.57. The van der Waals surface area contributed by atoms with E-state index in [1.54, 1.807) is 12.3 Å². The molecule has 0 unspecified atom stereocenters. The van der Waals surface area contributed by atoms with E-state index in [2.05, 4.69) is 26.1 Å². The molecule has 0 saturated carbocycles. The summed E-state index contributed by atoms with van der Waals surface area (Å²) in [5.41, 5.74) is 6.94. The van der Waals surface area contributed by atoms with Crippen LogP contribution in [-0.2, 0) is 0 Å². The first-order chi connectivity index (χ1) is 6.27. The van der Waals surface area contributed by atoms with E-state index in [1.165, 1.54) is 0 Å². The Kier molecular flexibility index (Phi) is 2.02. The highest BCUT2D eigenvalue weighted by Crippen LogP contribution is 2.25. The molecular weight excluding hydrogens is 234 g/mol. The molecule has 0 aliphatic carbocycles. The largest absolute Gasteiger partial charge is 0.368 e. The van der Waals surface area contributed by atoms with Crippen molar-refractivity contribution in [1.82, 2.24) is 10.1 Å². The maximum absolute atomic E-state index is 5.40. The number of pyridine rings is 1. The zero-order chi connectivity index (χ0) is 9.26. The number of anilines is 1. The van der Waals surface area contributed by atoms with Crippen LogP contribution in [0.4, 0.5) is 5.88 Å². The quantitative estimate of drug-likeness (QED) is 0.775. The van der Waals surface area contributed by atoms with Crippen molar-refractivity contribution in [3.05, 3.63) is 29.0 Å². The van der Waals surface area contributed by atoms with E-state index in [-0.39, 0.29) is 0 Å². The Morgan fingerprint density at radius 2 is 2.31 bits per heavy atom. The summed E-state index contributed by atoms with van der Waals surface area (Å²) >= 11 is 3.31. The van der Waals surface area contributed by atoms with Gasteiger partial charge in [0.15, 0.2) is 0 Å². The second-order valence-corrected chi connectivity index (χ2v) is 3.21. The summed E-state index contributed by atoms with van der Waals surface area (Å²) in [7, 11) is 0. The number of rotatable bonds is 1. The van der Waals surface area contributed by atoms with E-state index in [0.29, 0.717) is 11.6 Å². The Balaban J connectivity index is 2.52. The molecular formula is C8H6BrN3O. The normalized spacial score (nSPS) is 10.2. The molecule has 0 aliphatic heterocycles. The number of hydrogen-bond acceptors (Lipinski definition) is 4. The van der Waals surface area contributed by atoms with Gasteiger partial charge in [0.2, 0.25) is 5.88 Å². The fourth-order valence-electron chi connectivity index (χ4n) is 0.993. The third kappa shape index (κ3) is 1.55. The highest BCUT2D eigenvalue weighted by molar-refractivity contribution is 9.10. The van der Waals surface area contributed by atoms with Crippen LogP contribution in [0.3, 0.4) is 0 Å². The van der Waals surface area contributed by atoms with Crippen molar-refractivity contribution in [3.8, 4) is 11.3 Å². The van der Waals surface area contributed by atoms with E-state index in [9.17, 15) is 0 Å². The molecule has 0 aromatic carbocycles. The summed E-state index contributed by atoms with van der Waals surface area (Å²) in [6, 6.07) is 5.36. The standard InChI is InChI=1S/C8H6BrN3O/c9-8-5(2-1-3-11-8)6-4-7(10)13-12-6/h1-4H,10H2. The maximum Gasteiger partial charge on any atom is 0.222 e. The number of hydrogen-bond donors (Lipinski definition) is 1. The lowest BCUT2D eigenvalue weighted by Crippen LogP contribution is -1.81. The molecule has 2 rings (SSSR count). The molecule has 0 fully saturated rings. The van der Waals surface area contributed by atoms with E-state index in [4.69, 9.17) is 10.3 Å². The number of nitrogens with two attached hydrogens (primary N) is 1. The summed E-state index contributed by atoms with van der Waals surface area (Å²) in [6.07, 6.45) is 1.69. The summed E-state index contributed by atoms with van der Waals surface area (Å²) in [5.74, 6) is 0.297. The average Bonchev–Trinajstić information content (AvgIpc) is 2.53. The fraction of sp³-hybridized carbons (Fsp3) is 0. The van der Waals surface area contributed by atoms with Gasteiger partial charge in [0.25, 0.3) is 0 Å². The van der Waals surface area contributed by atoms with Crippen molar-refractivity contribution in [2.24, 2.45) is 0 Å². The van der Waals surface area contributed by atoms with Gasteiger partial charge in [0.05, 0.1) is 0 Å². The molecule has 2 aromatic rings. The number of aromatic nitrogens is 2. The smallest absolute Gasteiger partial charge is 0.222 e. The zero-order valence-corrected chi connectivity index (χ0v) is 8.15. The molecule has 0 spiro atoms. The second kappa shape index (κ2) is 3.18. The number of nitrogen functional groups attached to an aromatic ring is 1. The van der Waals surface area contributed by atoms with Crippen molar-refractivity contribution < 1.29 is 4.52 Å². The lowest BCUT2D eigenvalue weighted by molar-refractivity contribution is 0.439. The van der Waals surface area contributed by atoms with Gasteiger partial charge in [0, 0.05) is 17.8 Å². The molecule has 2 N–H and O–H groups in total. The molecule has 0 aliphatic rings. The van der Waals surface area contributed by atoms with Crippen LogP contribution < -0.4 is 5.73 Å². The number of nitrogens with zero attached hydrogens (tertiary/aromatic N) is 2. The van der Waals surface area contributed by atoms with Crippen LogP contribution >= 0.6 is 15.9 Å². The van der Waals surface area contributed by atoms with Crippen LogP contribution in [-0.4, -0.2) is 10.1 Å². The SMILES string of the molecule is Nc1cc(-c2cccnc2Br)no1. The van der Waals surface area contributed by atoms with Gasteiger partial charge in [-0.3, -0.25) is 0 Å². The molecule has 2 heterocycles. The molecule has 0 atom stereocenters. The van der Waals surface area contributed by atoms with Gasteiger partial charge >= 0.3 is 0 Å². The van der Waals surface area contributed by atoms with E-state index >= 15 is 0 Å². The van der Waals surface area contributed by atoms with E-state index < -0.39 is 0 Å². The van der Waals surface area contributed by atoms with Crippen LogP contribution in [0.5, 0.6) is 0 Å². The monoisotopic (exact) mass is 239 g/mol. The van der Waals surface area contributed by atoms with Crippen LogP contribution in [0.15, 0.2) is 33.5 Å². The average molecular weight is 240 g/mol. The molecule has 13 heavy (non-hydrogen) atoms. The van der Waals surface area contributed by atoms with Crippen LogP contribution in [0.2, 0.25) is 0 Å². The maximum atomic E-state index is 5.40. The first-order valence-corrected chi connectivity index (χ1v) is 4.40. The van der Waals surface area contributed by atoms with Gasteiger partial charge in [-0.25, -0.2) is 4.98 Å². The first kappa shape index (κ1) is 8.25. The lowest BCUT2D eigenvalue weighted by atomic mass is 10.2. The third-order valence-electron chi connectivity index (χ3n) is 1.56. The van der Waals surface area contributed by atoms with Crippen molar-refractivity contribution in [2.75, 3.05) is 5.73 Å². The topological polar surface area (TPSA) is 64.9 Å². The van der Waals surface area contributed by atoms with Crippen molar-refractivity contribution >= 4 is 21.8 Å². The minimum atomic E-state index is 0.297. The fourth-order valence-corrected chi connectivity index (χ4v) is 1.45. The molecule has 66 valence electrons. The summed E-state index contributed by atoms with van der Waals surface area (Å²) < 4.78 is 5.48. The van der Waals surface area contributed by atoms with E-state index in [0.717, 1.165) is 10.2 Å². The predicted octanol–water partition coefficient (Wildman–Crippen LogP) is 2.08. The minimum Gasteiger partial charge on any atom is -0.368 e. The van der Waals surface area contributed by atoms with Crippen molar-refractivity contribution in [3.63, 3.8) is 0 Å². The molecule has 4 nitrogen and oxygen atoms in total. The Morgan fingerprint density at radius 1 is 1.46 bits per heavy atom. The Labute approximate surface area is 82.9 Å². The summed E-state index contributed by atoms with van der Waals surface area (Å²) in [6.45, 7) is 0. The van der Waals surface area contributed by atoms with Gasteiger partial charge in [-0.1, -0.05) is 5.16 Å². The minimum absolute atomic E-state index is 0.297. The van der Waals surface area contributed by atoms with Gasteiger partial charge in [0.1, 0.15) is 10.3 Å². The summed E-state index contributed by atoms with van der Waals surface area (Å²) in [5, 5.41) is 3.78. The van der Waals surface area contributed by atoms with E-state index in [1.807, 2.05) is 12.1 Å². The molecule has 0 bridgehead atoms. The van der Waals surface area contributed by atoms with Crippen LogP contribution in [0.1, 0.15) is 0 Å². The van der Waals surface area contributed by atoms with Gasteiger partial charge < -0.3 is 10.3 Å². The van der Waals surface area contributed by atoms with Gasteiger partial charge in [-0.05, 0) is 28.1 Å². The van der Waals surface area contributed by atoms with Gasteiger partial charge in [-0.2, -0.15) is 0 Å². The molecule has 5 heteroatoms. The lowest BCUT2D eigenvalue weighted by Gasteiger charge is -1.95. The second-order valence-electron chi connectivity index (χ2n) is 2.46.